The second kappa shape index (κ2) is 4.77. The Morgan fingerprint density at radius 3 is 2.47 bits per heavy atom. The van der Waals surface area contributed by atoms with E-state index in [1.807, 2.05) is 0 Å². The van der Waals surface area contributed by atoms with Crippen LogP contribution in [0.2, 0.25) is 0 Å². The minimum Gasteiger partial charge on any atom is -0.395 e. The van der Waals surface area contributed by atoms with Gasteiger partial charge < -0.3 is 10.0 Å². The molecule has 8 heteroatoms. The molecule has 0 radical (unpaired) electrons. The first-order valence-corrected chi connectivity index (χ1v) is 6.12. The Bertz CT molecular complexity index is 378. The standard InChI is InChI=1S/C9H12F3N3OS/c10-9(11,12)7-13-14-8(17-7)15(4-5-16)6-2-1-3-6/h6,16H,1-5H2. The van der Waals surface area contributed by atoms with Crippen molar-refractivity contribution in [2.45, 2.75) is 31.5 Å². The van der Waals surface area contributed by atoms with Gasteiger partial charge in [-0.25, -0.2) is 0 Å². The molecule has 1 fully saturated rings. The zero-order valence-corrected chi connectivity index (χ0v) is 9.76. The molecule has 0 saturated heterocycles. The summed E-state index contributed by atoms with van der Waals surface area (Å²) in [6.45, 7) is 0.203. The lowest BCUT2D eigenvalue weighted by Gasteiger charge is -2.36. The van der Waals surface area contributed by atoms with Gasteiger partial charge in [0.1, 0.15) is 0 Å². The average molecular weight is 267 g/mol. The topological polar surface area (TPSA) is 49.2 Å². The van der Waals surface area contributed by atoms with Gasteiger partial charge in [0.05, 0.1) is 6.61 Å². The van der Waals surface area contributed by atoms with Gasteiger partial charge in [0.15, 0.2) is 0 Å². The van der Waals surface area contributed by atoms with Crippen molar-refractivity contribution >= 4 is 16.5 Å². The number of hydrogen-bond acceptors (Lipinski definition) is 5. The van der Waals surface area contributed by atoms with E-state index in [1.54, 1.807) is 4.90 Å². The van der Waals surface area contributed by atoms with Crippen molar-refractivity contribution in [2.75, 3.05) is 18.1 Å². The van der Waals surface area contributed by atoms with Gasteiger partial charge in [-0.1, -0.05) is 11.3 Å². The van der Waals surface area contributed by atoms with Gasteiger partial charge in [-0.15, -0.1) is 10.2 Å². The van der Waals surface area contributed by atoms with Crippen LogP contribution in [0, 0.1) is 0 Å². The Morgan fingerprint density at radius 2 is 2.06 bits per heavy atom. The van der Waals surface area contributed by atoms with Crippen molar-refractivity contribution in [1.29, 1.82) is 0 Å². The van der Waals surface area contributed by atoms with Gasteiger partial charge >= 0.3 is 6.18 Å². The molecule has 96 valence electrons. The molecule has 0 bridgehead atoms. The molecule has 1 saturated carbocycles. The van der Waals surface area contributed by atoms with E-state index in [0.717, 1.165) is 19.3 Å². The molecule has 1 aromatic heterocycles. The van der Waals surface area contributed by atoms with E-state index in [1.165, 1.54) is 0 Å². The molecule has 17 heavy (non-hydrogen) atoms. The van der Waals surface area contributed by atoms with E-state index in [-0.39, 0.29) is 17.8 Å². The lowest BCUT2D eigenvalue weighted by molar-refractivity contribution is -0.138. The summed E-state index contributed by atoms with van der Waals surface area (Å²) in [6, 6.07) is 0.191. The third-order valence-electron chi connectivity index (χ3n) is 2.76. The van der Waals surface area contributed by atoms with Gasteiger partial charge in [-0.3, -0.25) is 0 Å². The molecule has 0 atom stereocenters. The molecule has 0 aliphatic heterocycles. The highest BCUT2D eigenvalue weighted by atomic mass is 32.1. The molecular weight excluding hydrogens is 255 g/mol. The molecule has 1 N–H and O–H groups in total. The minimum atomic E-state index is -4.44. The number of alkyl halides is 3. The van der Waals surface area contributed by atoms with E-state index in [2.05, 4.69) is 10.2 Å². The van der Waals surface area contributed by atoms with Gasteiger partial charge in [0, 0.05) is 12.6 Å². The first-order valence-electron chi connectivity index (χ1n) is 5.30. The van der Waals surface area contributed by atoms with Gasteiger partial charge in [0.25, 0.3) is 0 Å². The van der Waals surface area contributed by atoms with Crippen molar-refractivity contribution in [3.63, 3.8) is 0 Å². The van der Waals surface area contributed by atoms with Crippen LogP contribution in [0.3, 0.4) is 0 Å². The quantitative estimate of drug-likeness (QED) is 0.905. The Balaban J connectivity index is 2.15. The Labute approximate surface area is 100 Å². The first-order chi connectivity index (χ1) is 8.02. The zero-order valence-electron chi connectivity index (χ0n) is 8.94. The van der Waals surface area contributed by atoms with Crippen LogP contribution in [0.4, 0.5) is 18.3 Å². The summed E-state index contributed by atoms with van der Waals surface area (Å²) in [7, 11) is 0. The summed E-state index contributed by atoms with van der Waals surface area (Å²) >= 11 is 0.533. The van der Waals surface area contributed by atoms with Crippen molar-refractivity contribution in [3.05, 3.63) is 5.01 Å². The maximum absolute atomic E-state index is 12.4. The monoisotopic (exact) mass is 267 g/mol. The average Bonchev–Trinajstić information content (AvgIpc) is 2.61. The minimum absolute atomic E-state index is 0.0998. The molecule has 0 spiro atoms. The van der Waals surface area contributed by atoms with E-state index >= 15 is 0 Å². The number of aliphatic hydroxyl groups is 1. The predicted octanol–water partition coefficient (Wildman–Crippen LogP) is 1.91. The van der Waals surface area contributed by atoms with Crippen molar-refractivity contribution < 1.29 is 18.3 Å². The van der Waals surface area contributed by atoms with Crippen molar-refractivity contribution in [2.24, 2.45) is 0 Å². The molecule has 1 aromatic rings. The molecule has 4 nitrogen and oxygen atoms in total. The van der Waals surface area contributed by atoms with Crippen LogP contribution >= 0.6 is 11.3 Å². The smallest absolute Gasteiger partial charge is 0.395 e. The first kappa shape index (κ1) is 12.6. The van der Waals surface area contributed by atoms with Gasteiger partial charge in [-0.2, -0.15) is 13.2 Å². The van der Waals surface area contributed by atoms with Crippen LogP contribution in [0.1, 0.15) is 24.3 Å². The largest absolute Gasteiger partial charge is 0.445 e. The number of aliphatic hydroxyl groups excluding tert-OH is 1. The summed E-state index contributed by atoms with van der Waals surface area (Å²) in [5, 5.41) is 15.0. The van der Waals surface area contributed by atoms with E-state index < -0.39 is 11.2 Å². The molecular formula is C9H12F3N3OS. The Kier molecular flexibility index (Phi) is 3.53. The summed E-state index contributed by atoms with van der Waals surface area (Å²) in [5.41, 5.74) is 0. The molecule has 1 aliphatic rings. The normalized spacial score (nSPS) is 16.9. The highest BCUT2D eigenvalue weighted by molar-refractivity contribution is 7.15. The number of halogens is 3. The number of aromatic nitrogens is 2. The Morgan fingerprint density at radius 1 is 1.35 bits per heavy atom. The summed E-state index contributed by atoms with van der Waals surface area (Å²) in [6.07, 6.45) is -1.51. The second-order valence-corrected chi connectivity index (χ2v) is 4.85. The maximum atomic E-state index is 12.4. The van der Waals surface area contributed by atoms with E-state index in [9.17, 15) is 13.2 Å². The second-order valence-electron chi connectivity index (χ2n) is 3.89. The summed E-state index contributed by atoms with van der Waals surface area (Å²) < 4.78 is 37.2. The highest BCUT2D eigenvalue weighted by Crippen LogP contribution is 2.36. The fourth-order valence-electron chi connectivity index (χ4n) is 1.69. The molecule has 0 unspecified atom stereocenters. The Hall–Kier alpha value is -0.890. The highest BCUT2D eigenvalue weighted by Gasteiger charge is 2.37. The fourth-order valence-corrected chi connectivity index (χ4v) is 2.50. The summed E-state index contributed by atoms with van der Waals surface area (Å²) in [5.74, 6) is 0. The third kappa shape index (κ3) is 2.68. The predicted molar refractivity (Wildman–Crippen MR) is 57.0 cm³/mol. The van der Waals surface area contributed by atoms with E-state index in [0.29, 0.717) is 17.9 Å². The fraction of sp³-hybridized carbons (Fsp3) is 0.778. The van der Waals surface area contributed by atoms with Crippen LogP contribution in [0.25, 0.3) is 0 Å². The van der Waals surface area contributed by atoms with Gasteiger partial charge in [0.2, 0.25) is 10.1 Å². The lowest BCUT2D eigenvalue weighted by atomic mass is 9.92. The van der Waals surface area contributed by atoms with Gasteiger partial charge in [-0.05, 0) is 19.3 Å². The lowest BCUT2D eigenvalue weighted by Crippen LogP contribution is -2.41. The van der Waals surface area contributed by atoms with Crippen molar-refractivity contribution in [1.82, 2.24) is 10.2 Å². The van der Waals surface area contributed by atoms with E-state index in [4.69, 9.17) is 5.11 Å². The number of rotatable bonds is 4. The van der Waals surface area contributed by atoms with Crippen LogP contribution in [-0.4, -0.2) is 34.5 Å². The molecule has 0 aromatic carbocycles. The molecule has 1 heterocycles. The number of nitrogens with zero attached hydrogens (tertiary/aromatic N) is 3. The van der Waals surface area contributed by atoms with Crippen LogP contribution in [-0.2, 0) is 6.18 Å². The SMILES string of the molecule is OCCN(c1nnc(C(F)(F)F)s1)C1CCC1. The maximum Gasteiger partial charge on any atom is 0.445 e. The molecule has 0 amide bonds. The van der Waals surface area contributed by atoms with Crippen LogP contribution < -0.4 is 4.90 Å². The molecule has 2 rings (SSSR count). The number of hydrogen-bond donors (Lipinski definition) is 1. The zero-order chi connectivity index (χ0) is 12.5. The number of anilines is 1. The molecule has 1 aliphatic carbocycles. The van der Waals surface area contributed by atoms with Crippen LogP contribution in [0.5, 0.6) is 0 Å². The summed E-state index contributed by atoms with van der Waals surface area (Å²) in [4.78, 5) is 1.72. The van der Waals surface area contributed by atoms with Crippen molar-refractivity contribution in [3.8, 4) is 0 Å². The third-order valence-corrected chi connectivity index (χ3v) is 3.76. The van der Waals surface area contributed by atoms with Crippen LogP contribution in [0.15, 0.2) is 0 Å².